The van der Waals surface area contributed by atoms with Gasteiger partial charge in [0.15, 0.2) is 9.84 Å². The number of hydrogen-bond donors (Lipinski definition) is 2. The summed E-state index contributed by atoms with van der Waals surface area (Å²) in [6.45, 7) is 3.95. The number of carbonyl (C=O) groups is 1. The molecule has 0 radical (unpaired) electrons. The first kappa shape index (κ1) is 21.2. The summed E-state index contributed by atoms with van der Waals surface area (Å²) in [7, 11) is -3.45. The number of carbonyl (C=O) groups excluding carboxylic acids is 1. The Morgan fingerprint density at radius 2 is 1.60 bits per heavy atom. The summed E-state index contributed by atoms with van der Waals surface area (Å²) in [5.74, 6) is -0.350. The van der Waals surface area contributed by atoms with Crippen molar-refractivity contribution in [3.63, 3.8) is 0 Å². The summed E-state index contributed by atoms with van der Waals surface area (Å²) in [4.78, 5) is 12.4. The molecule has 2 aromatic rings. The van der Waals surface area contributed by atoms with E-state index in [2.05, 4.69) is 5.32 Å². The molecule has 0 atom stereocenters. The van der Waals surface area contributed by atoms with E-state index in [0.717, 1.165) is 5.56 Å². The van der Waals surface area contributed by atoms with Crippen molar-refractivity contribution in [3.05, 3.63) is 65.7 Å². The van der Waals surface area contributed by atoms with Crippen LogP contribution in [0.15, 0.2) is 59.5 Å². The summed E-state index contributed by atoms with van der Waals surface area (Å²) >= 11 is 0. The standard InChI is InChI=1S/C18H22N2O3S.ClH/c1-18(2,13-19)20-17(21)15-8-10-16(11-9-15)24(22,23)12-14-6-4-3-5-7-14;/h3-11H,12-13,19H2,1-2H3,(H,20,21);1H. The van der Waals surface area contributed by atoms with Gasteiger partial charge in [-0.1, -0.05) is 30.3 Å². The van der Waals surface area contributed by atoms with E-state index in [1.807, 2.05) is 19.9 Å². The maximum Gasteiger partial charge on any atom is 0.251 e. The van der Waals surface area contributed by atoms with Crippen molar-refractivity contribution in [3.8, 4) is 0 Å². The zero-order chi connectivity index (χ0) is 17.8. The molecule has 0 unspecified atom stereocenters. The van der Waals surface area contributed by atoms with Gasteiger partial charge in [0, 0.05) is 17.6 Å². The van der Waals surface area contributed by atoms with Gasteiger partial charge in [0.05, 0.1) is 10.6 Å². The van der Waals surface area contributed by atoms with Crippen LogP contribution in [0.5, 0.6) is 0 Å². The number of nitrogens with two attached hydrogens (primary N) is 1. The molecule has 0 heterocycles. The van der Waals surface area contributed by atoms with E-state index in [1.54, 1.807) is 24.3 Å². The number of hydrogen-bond acceptors (Lipinski definition) is 4. The number of nitrogens with one attached hydrogen (secondary N) is 1. The van der Waals surface area contributed by atoms with Crippen LogP contribution in [0.25, 0.3) is 0 Å². The molecule has 1 amide bonds. The van der Waals surface area contributed by atoms with Crippen LogP contribution in [0.3, 0.4) is 0 Å². The van der Waals surface area contributed by atoms with Gasteiger partial charge in [0.2, 0.25) is 0 Å². The minimum absolute atomic E-state index is 0. The predicted molar refractivity (Wildman–Crippen MR) is 102 cm³/mol. The molecule has 0 spiro atoms. The minimum atomic E-state index is -3.45. The van der Waals surface area contributed by atoms with Crippen molar-refractivity contribution in [2.75, 3.05) is 6.54 Å². The molecule has 0 fully saturated rings. The van der Waals surface area contributed by atoms with Gasteiger partial charge in [-0.15, -0.1) is 12.4 Å². The van der Waals surface area contributed by atoms with Crippen molar-refractivity contribution in [1.82, 2.24) is 5.32 Å². The third kappa shape index (κ3) is 5.85. The van der Waals surface area contributed by atoms with Crippen LogP contribution in [0.1, 0.15) is 29.8 Å². The van der Waals surface area contributed by atoms with Gasteiger partial charge in [-0.2, -0.15) is 0 Å². The zero-order valence-electron chi connectivity index (χ0n) is 14.2. The third-order valence-corrected chi connectivity index (χ3v) is 5.34. The van der Waals surface area contributed by atoms with Crippen LogP contribution in [0, 0.1) is 0 Å². The topological polar surface area (TPSA) is 89.3 Å². The fourth-order valence-electron chi connectivity index (χ4n) is 2.12. The van der Waals surface area contributed by atoms with E-state index in [4.69, 9.17) is 5.73 Å². The Hall–Kier alpha value is -1.89. The van der Waals surface area contributed by atoms with E-state index in [1.165, 1.54) is 24.3 Å². The molecule has 3 N–H and O–H groups in total. The molecular formula is C18H23ClN2O3S. The lowest BCUT2D eigenvalue weighted by atomic mass is 10.1. The molecule has 0 aliphatic carbocycles. The summed E-state index contributed by atoms with van der Waals surface area (Å²) in [5, 5.41) is 2.81. The van der Waals surface area contributed by atoms with Crippen LogP contribution in [-0.2, 0) is 15.6 Å². The lowest BCUT2D eigenvalue weighted by Gasteiger charge is -2.24. The van der Waals surface area contributed by atoms with Crippen molar-refractivity contribution in [1.29, 1.82) is 0 Å². The molecule has 7 heteroatoms. The smallest absolute Gasteiger partial charge is 0.251 e. The summed E-state index contributed by atoms with van der Waals surface area (Å²) in [6.07, 6.45) is 0. The van der Waals surface area contributed by atoms with Gasteiger partial charge in [-0.25, -0.2) is 8.42 Å². The molecular weight excluding hydrogens is 360 g/mol. The van der Waals surface area contributed by atoms with E-state index in [0.29, 0.717) is 12.1 Å². The largest absolute Gasteiger partial charge is 0.346 e. The number of benzene rings is 2. The Kier molecular flexibility index (Phi) is 7.17. The van der Waals surface area contributed by atoms with Crippen LogP contribution in [0.2, 0.25) is 0 Å². The molecule has 0 aromatic heterocycles. The summed E-state index contributed by atoms with van der Waals surface area (Å²) in [5.41, 5.74) is 6.20. The first-order valence-electron chi connectivity index (χ1n) is 7.63. The Morgan fingerprint density at radius 3 is 2.12 bits per heavy atom. The molecule has 2 rings (SSSR count). The second kappa shape index (κ2) is 8.47. The zero-order valence-corrected chi connectivity index (χ0v) is 15.9. The second-order valence-corrected chi connectivity index (χ2v) is 8.30. The summed E-state index contributed by atoms with van der Waals surface area (Å²) in [6, 6.07) is 14.9. The van der Waals surface area contributed by atoms with E-state index in [9.17, 15) is 13.2 Å². The molecule has 136 valence electrons. The Labute approximate surface area is 155 Å². The van der Waals surface area contributed by atoms with Gasteiger partial charge in [0.1, 0.15) is 0 Å². The van der Waals surface area contributed by atoms with E-state index in [-0.39, 0.29) is 29.0 Å². The highest BCUT2D eigenvalue weighted by Gasteiger charge is 2.20. The highest BCUT2D eigenvalue weighted by molar-refractivity contribution is 7.90. The van der Waals surface area contributed by atoms with Gasteiger partial charge < -0.3 is 11.1 Å². The molecule has 0 saturated heterocycles. The first-order chi connectivity index (χ1) is 11.2. The SMILES string of the molecule is CC(C)(CN)NC(=O)c1ccc(S(=O)(=O)Cc2ccccc2)cc1.Cl. The molecule has 0 aliphatic heterocycles. The monoisotopic (exact) mass is 382 g/mol. The molecule has 0 aliphatic rings. The van der Waals surface area contributed by atoms with Crippen molar-refractivity contribution in [2.24, 2.45) is 5.73 Å². The van der Waals surface area contributed by atoms with Gasteiger partial charge in [-0.3, -0.25) is 4.79 Å². The maximum atomic E-state index is 12.4. The third-order valence-electron chi connectivity index (χ3n) is 3.64. The fraction of sp³-hybridized carbons (Fsp3) is 0.278. The van der Waals surface area contributed by atoms with Gasteiger partial charge in [-0.05, 0) is 43.7 Å². The average Bonchev–Trinajstić information content (AvgIpc) is 2.55. The van der Waals surface area contributed by atoms with Crippen LogP contribution < -0.4 is 11.1 Å². The second-order valence-electron chi connectivity index (χ2n) is 6.31. The van der Waals surface area contributed by atoms with E-state index >= 15 is 0 Å². The minimum Gasteiger partial charge on any atom is -0.346 e. The number of rotatable bonds is 6. The van der Waals surface area contributed by atoms with Crippen molar-refractivity contribution >= 4 is 28.2 Å². The van der Waals surface area contributed by atoms with Gasteiger partial charge in [0.25, 0.3) is 5.91 Å². The Bertz CT molecular complexity index is 804. The molecule has 0 bridgehead atoms. The molecule has 2 aromatic carbocycles. The normalized spacial score (nSPS) is 11.5. The van der Waals surface area contributed by atoms with Crippen molar-refractivity contribution in [2.45, 2.75) is 30.0 Å². The first-order valence-corrected chi connectivity index (χ1v) is 9.28. The average molecular weight is 383 g/mol. The Morgan fingerprint density at radius 1 is 1.04 bits per heavy atom. The van der Waals surface area contributed by atoms with Crippen LogP contribution in [0.4, 0.5) is 0 Å². The van der Waals surface area contributed by atoms with Crippen LogP contribution in [-0.4, -0.2) is 26.4 Å². The van der Waals surface area contributed by atoms with E-state index < -0.39 is 15.4 Å². The lowest BCUT2D eigenvalue weighted by molar-refractivity contribution is 0.0915. The quantitative estimate of drug-likeness (QED) is 0.803. The molecule has 25 heavy (non-hydrogen) atoms. The fourth-order valence-corrected chi connectivity index (χ4v) is 3.47. The maximum absolute atomic E-state index is 12.4. The highest BCUT2D eigenvalue weighted by Crippen LogP contribution is 2.17. The number of sulfone groups is 1. The van der Waals surface area contributed by atoms with Crippen LogP contribution >= 0.6 is 12.4 Å². The predicted octanol–water partition coefficient (Wildman–Crippen LogP) is 2.55. The molecule has 5 nitrogen and oxygen atoms in total. The lowest BCUT2D eigenvalue weighted by Crippen LogP contribution is -2.48. The number of halogens is 1. The summed E-state index contributed by atoms with van der Waals surface area (Å²) < 4.78 is 24.9. The number of amides is 1. The highest BCUT2D eigenvalue weighted by atomic mass is 35.5. The van der Waals surface area contributed by atoms with Crippen molar-refractivity contribution < 1.29 is 13.2 Å². The van der Waals surface area contributed by atoms with Gasteiger partial charge >= 0.3 is 0 Å². The molecule has 0 saturated carbocycles. The Balaban J connectivity index is 0.00000312.